The molecular weight excluding hydrogens is 196 g/mol. The fourth-order valence-electron chi connectivity index (χ4n) is 2.76. The van der Waals surface area contributed by atoms with Crippen LogP contribution in [0.15, 0.2) is 30.3 Å². The van der Waals surface area contributed by atoms with Crippen LogP contribution < -0.4 is 0 Å². The first kappa shape index (κ1) is 11.4. The van der Waals surface area contributed by atoms with Crippen molar-refractivity contribution >= 4 is 5.78 Å². The number of benzene rings is 1. The standard InChI is InChI=1S/C15H20O/c1-15(2,12-6-4-3-5-7-12)13-8-10-14(16)11-9-13/h3-7,13H,8-11H2,1-2H3. The first-order valence-electron chi connectivity index (χ1n) is 6.18. The van der Waals surface area contributed by atoms with Crippen molar-refractivity contribution in [3.05, 3.63) is 35.9 Å². The topological polar surface area (TPSA) is 17.1 Å². The fraction of sp³-hybridized carbons (Fsp3) is 0.533. The van der Waals surface area contributed by atoms with Crippen LogP contribution in [0.5, 0.6) is 0 Å². The molecule has 1 nitrogen and oxygen atoms in total. The molecule has 0 radical (unpaired) electrons. The Labute approximate surface area is 97.9 Å². The van der Waals surface area contributed by atoms with Gasteiger partial charge in [0.25, 0.3) is 0 Å². The van der Waals surface area contributed by atoms with E-state index in [1.807, 2.05) is 0 Å². The van der Waals surface area contributed by atoms with Gasteiger partial charge in [0.1, 0.15) is 5.78 Å². The Morgan fingerprint density at radius 3 is 2.19 bits per heavy atom. The molecule has 1 saturated carbocycles. The summed E-state index contributed by atoms with van der Waals surface area (Å²) in [6.45, 7) is 4.62. The first-order chi connectivity index (χ1) is 7.60. The monoisotopic (exact) mass is 216 g/mol. The summed E-state index contributed by atoms with van der Waals surface area (Å²) >= 11 is 0. The number of hydrogen-bond donors (Lipinski definition) is 0. The SMILES string of the molecule is CC(C)(c1ccccc1)C1CCC(=O)CC1. The average molecular weight is 216 g/mol. The predicted octanol–water partition coefficient (Wildman–Crippen LogP) is 3.72. The molecule has 0 spiro atoms. The first-order valence-corrected chi connectivity index (χ1v) is 6.18. The van der Waals surface area contributed by atoms with E-state index in [0.29, 0.717) is 11.7 Å². The van der Waals surface area contributed by atoms with Crippen LogP contribution in [0.3, 0.4) is 0 Å². The molecule has 16 heavy (non-hydrogen) atoms. The summed E-state index contributed by atoms with van der Waals surface area (Å²) in [5, 5.41) is 0. The van der Waals surface area contributed by atoms with Crippen molar-refractivity contribution in [2.75, 3.05) is 0 Å². The fourth-order valence-corrected chi connectivity index (χ4v) is 2.76. The van der Waals surface area contributed by atoms with Gasteiger partial charge in [0.05, 0.1) is 0 Å². The van der Waals surface area contributed by atoms with Gasteiger partial charge in [-0.2, -0.15) is 0 Å². The minimum absolute atomic E-state index is 0.196. The predicted molar refractivity (Wildman–Crippen MR) is 66.4 cm³/mol. The van der Waals surface area contributed by atoms with Crippen molar-refractivity contribution in [1.82, 2.24) is 0 Å². The second kappa shape index (κ2) is 4.40. The molecule has 86 valence electrons. The van der Waals surface area contributed by atoms with Crippen molar-refractivity contribution in [3.8, 4) is 0 Å². The van der Waals surface area contributed by atoms with Gasteiger partial charge in [-0.1, -0.05) is 44.2 Å². The van der Waals surface area contributed by atoms with E-state index in [0.717, 1.165) is 25.7 Å². The molecule has 1 aliphatic rings. The minimum atomic E-state index is 0.196. The highest BCUT2D eigenvalue weighted by Crippen LogP contribution is 2.39. The largest absolute Gasteiger partial charge is 0.300 e. The van der Waals surface area contributed by atoms with E-state index in [2.05, 4.69) is 44.2 Å². The minimum Gasteiger partial charge on any atom is -0.300 e. The van der Waals surface area contributed by atoms with Gasteiger partial charge < -0.3 is 0 Å². The lowest BCUT2D eigenvalue weighted by atomic mass is 9.67. The molecule has 0 atom stereocenters. The summed E-state index contributed by atoms with van der Waals surface area (Å²) in [5.74, 6) is 1.09. The molecule has 0 aliphatic heterocycles. The van der Waals surface area contributed by atoms with Gasteiger partial charge in [-0.3, -0.25) is 4.79 Å². The number of Topliss-reactive ketones (excluding diaryl/α,β-unsaturated/α-hetero) is 1. The molecule has 2 rings (SSSR count). The molecule has 0 saturated heterocycles. The lowest BCUT2D eigenvalue weighted by Crippen LogP contribution is -2.32. The van der Waals surface area contributed by atoms with Gasteiger partial charge in [-0.05, 0) is 29.7 Å². The van der Waals surface area contributed by atoms with E-state index in [4.69, 9.17) is 0 Å². The molecule has 1 aromatic carbocycles. The number of hydrogen-bond acceptors (Lipinski definition) is 1. The molecule has 0 aromatic heterocycles. The zero-order chi connectivity index (χ0) is 11.6. The van der Waals surface area contributed by atoms with Crippen LogP contribution in [0.2, 0.25) is 0 Å². The Morgan fingerprint density at radius 1 is 1.06 bits per heavy atom. The molecule has 1 aliphatic carbocycles. The summed E-state index contributed by atoms with van der Waals surface area (Å²) in [5.41, 5.74) is 1.59. The van der Waals surface area contributed by atoms with Crippen molar-refractivity contribution < 1.29 is 4.79 Å². The Kier molecular flexibility index (Phi) is 3.13. The summed E-state index contributed by atoms with van der Waals surface area (Å²) in [4.78, 5) is 11.3. The van der Waals surface area contributed by atoms with Gasteiger partial charge in [-0.15, -0.1) is 0 Å². The zero-order valence-electron chi connectivity index (χ0n) is 10.2. The summed E-state index contributed by atoms with van der Waals surface area (Å²) in [6.07, 6.45) is 3.67. The average Bonchev–Trinajstić information content (AvgIpc) is 2.31. The Hall–Kier alpha value is -1.11. The van der Waals surface area contributed by atoms with Gasteiger partial charge in [0.2, 0.25) is 0 Å². The lowest BCUT2D eigenvalue weighted by molar-refractivity contribution is -0.121. The Morgan fingerprint density at radius 2 is 1.62 bits per heavy atom. The maximum Gasteiger partial charge on any atom is 0.132 e. The van der Waals surface area contributed by atoms with Crippen LogP contribution in [0.1, 0.15) is 45.1 Å². The Bertz CT molecular complexity index is 354. The third-order valence-corrected chi connectivity index (χ3v) is 4.08. The van der Waals surface area contributed by atoms with Crippen molar-refractivity contribution in [3.63, 3.8) is 0 Å². The van der Waals surface area contributed by atoms with Crippen LogP contribution in [0.25, 0.3) is 0 Å². The zero-order valence-corrected chi connectivity index (χ0v) is 10.2. The third kappa shape index (κ3) is 2.18. The van der Waals surface area contributed by atoms with Crippen LogP contribution in [0.4, 0.5) is 0 Å². The highest BCUT2D eigenvalue weighted by atomic mass is 16.1. The summed E-state index contributed by atoms with van der Waals surface area (Å²) < 4.78 is 0. The molecule has 1 fully saturated rings. The summed E-state index contributed by atoms with van der Waals surface area (Å²) in [7, 11) is 0. The highest BCUT2D eigenvalue weighted by molar-refractivity contribution is 5.79. The van der Waals surface area contributed by atoms with E-state index >= 15 is 0 Å². The van der Waals surface area contributed by atoms with Gasteiger partial charge in [-0.25, -0.2) is 0 Å². The highest BCUT2D eigenvalue weighted by Gasteiger charge is 2.33. The quantitative estimate of drug-likeness (QED) is 0.736. The molecule has 0 N–H and O–H groups in total. The molecule has 1 aromatic rings. The van der Waals surface area contributed by atoms with Crippen LogP contribution >= 0.6 is 0 Å². The molecule has 0 unspecified atom stereocenters. The van der Waals surface area contributed by atoms with Crippen molar-refractivity contribution in [2.24, 2.45) is 5.92 Å². The number of carbonyl (C=O) groups is 1. The van der Waals surface area contributed by atoms with E-state index in [1.54, 1.807) is 0 Å². The molecule has 0 amide bonds. The van der Waals surface area contributed by atoms with E-state index in [1.165, 1.54) is 5.56 Å². The molecule has 0 heterocycles. The summed E-state index contributed by atoms with van der Waals surface area (Å²) in [6, 6.07) is 10.7. The number of rotatable bonds is 2. The van der Waals surface area contributed by atoms with E-state index in [-0.39, 0.29) is 5.41 Å². The van der Waals surface area contributed by atoms with Crippen molar-refractivity contribution in [1.29, 1.82) is 0 Å². The normalized spacial score (nSPS) is 18.8. The number of ketones is 1. The second-order valence-corrected chi connectivity index (χ2v) is 5.40. The van der Waals surface area contributed by atoms with Gasteiger partial charge in [0, 0.05) is 12.8 Å². The molecule has 0 bridgehead atoms. The smallest absolute Gasteiger partial charge is 0.132 e. The van der Waals surface area contributed by atoms with Gasteiger partial charge >= 0.3 is 0 Å². The maximum absolute atomic E-state index is 11.3. The third-order valence-electron chi connectivity index (χ3n) is 4.08. The van der Waals surface area contributed by atoms with Crippen LogP contribution in [-0.4, -0.2) is 5.78 Å². The van der Waals surface area contributed by atoms with E-state index in [9.17, 15) is 4.79 Å². The van der Waals surface area contributed by atoms with Crippen LogP contribution in [0, 0.1) is 5.92 Å². The molecule has 1 heteroatoms. The number of carbonyl (C=O) groups excluding carboxylic acids is 1. The van der Waals surface area contributed by atoms with Gasteiger partial charge in [0.15, 0.2) is 0 Å². The molecular formula is C15H20O. The second-order valence-electron chi connectivity index (χ2n) is 5.40. The van der Waals surface area contributed by atoms with Crippen molar-refractivity contribution in [2.45, 2.75) is 44.9 Å². The lowest BCUT2D eigenvalue weighted by Gasteiger charge is -2.37. The maximum atomic E-state index is 11.3. The van der Waals surface area contributed by atoms with E-state index < -0.39 is 0 Å². The van der Waals surface area contributed by atoms with Crippen LogP contribution in [-0.2, 0) is 10.2 Å². The Balaban J connectivity index is 2.16.